The molecule has 41 heavy (non-hydrogen) atoms. The molecule has 13 heteroatoms. The molecule has 2 N–H and O–H groups in total. The predicted molar refractivity (Wildman–Crippen MR) is 145 cm³/mol. The third-order valence-electron chi connectivity index (χ3n) is 7.45. The van der Waals surface area contributed by atoms with Gasteiger partial charge in [-0.25, -0.2) is 9.97 Å². The van der Waals surface area contributed by atoms with Crippen molar-refractivity contribution in [2.45, 2.75) is 25.7 Å². The Morgan fingerprint density at radius 1 is 1.02 bits per heavy atom. The normalized spacial score (nSPS) is 15.0. The number of amides is 1. The van der Waals surface area contributed by atoms with Crippen LogP contribution in [0.3, 0.4) is 0 Å². The first-order chi connectivity index (χ1) is 19.5. The number of aliphatic hydroxyl groups excluding tert-OH is 2. The molecule has 1 amide bonds. The number of carbonyl (C=O) groups is 1. The SMILES string of the molecule is CC(=O)N1CCN(c2ncc(-c3ccc4c(=O)n(C)n(Cc5cc(C(O)CO)ccc5C(F)(F)F)c4c3)cn2)CC1. The van der Waals surface area contributed by atoms with Crippen molar-refractivity contribution in [1.29, 1.82) is 0 Å². The van der Waals surface area contributed by atoms with E-state index in [1.54, 1.807) is 35.5 Å². The molecule has 1 unspecified atom stereocenters. The molecule has 0 radical (unpaired) electrons. The quantitative estimate of drug-likeness (QED) is 0.366. The molecule has 4 aromatic rings. The Kier molecular flexibility index (Phi) is 7.58. The molecule has 1 fully saturated rings. The van der Waals surface area contributed by atoms with Gasteiger partial charge in [0, 0.05) is 58.1 Å². The van der Waals surface area contributed by atoms with Crippen LogP contribution in [0.5, 0.6) is 0 Å². The van der Waals surface area contributed by atoms with Crippen LogP contribution < -0.4 is 10.5 Å². The standard InChI is InChI=1S/C28H29F3N6O4/c1-17(39)35-7-9-36(10-8-35)27-32-13-21(14-33-27)18-3-5-22-24(12-18)37(34(2)26(22)41)15-20-11-19(25(40)16-38)4-6-23(20)28(29,30)31/h3-6,11-14,25,38,40H,7-10,15-16H2,1-2H3. The summed E-state index contributed by atoms with van der Waals surface area (Å²) in [6.45, 7) is 2.98. The summed E-state index contributed by atoms with van der Waals surface area (Å²) in [5, 5.41) is 19.6. The number of carbonyl (C=O) groups excluding carboxylic acids is 1. The second-order valence-corrected chi connectivity index (χ2v) is 10.00. The van der Waals surface area contributed by atoms with Gasteiger partial charge in [-0.1, -0.05) is 18.2 Å². The first-order valence-corrected chi connectivity index (χ1v) is 13.0. The van der Waals surface area contributed by atoms with E-state index in [-0.39, 0.29) is 29.1 Å². The fourth-order valence-electron chi connectivity index (χ4n) is 5.09. The van der Waals surface area contributed by atoms with Crippen molar-refractivity contribution < 1.29 is 28.2 Å². The van der Waals surface area contributed by atoms with Crippen LogP contribution in [0, 0.1) is 0 Å². The van der Waals surface area contributed by atoms with Crippen molar-refractivity contribution in [1.82, 2.24) is 24.2 Å². The van der Waals surface area contributed by atoms with Gasteiger partial charge in [0.1, 0.15) is 6.10 Å². The molecule has 0 aliphatic carbocycles. The molecule has 1 atom stereocenters. The van der Waals surface area contributed by atoms with Crippen molar-refractivity contribution in [3.8, 4) is 11.1 Å². The maximum atomic E-state index is 13.9. The minimum Gasteiger partial charge on any atom is -0.393 e. The Hall–Kier alpha value is -4.23. The smallest absolute Gasteiger partial charge is 0.393 e. The third-order valence-corrected chi connectivity index (χ3v) is 7.45. The number of fused-ring (bicyclic) bond motifs is 1. The van der Waals surface area contributed by atoms with E-state index in [4.69, 9.17) is 0 Å². The van der Waals surface area contributed by atoms with Gasteiger partial charge in [-0.3, -0.25) is 19.0 Å². The highest BCUT2D eigenvalue weighted by Gasteiger charge is 2.34. The summed E-state index contributed by atoms with van der Waals surface area (Å²) >= 11 is 0. The van der Waals surface area contributed by atoms with Crippen LogP contribution in [0.2, 0.25) is 0 Å². The zero-order chi connectivity index (χ0) is 29.5. The number of hydrogen-bond donors (Lipinski definition) is 2. The molecule has 1 aliphatic rings. The molecule has 2 aromatic heterocycles. The summed E-state index contributed by atoms with van der Waals surface area (Å²) in [6.07, 6.45) is -2.71. The van der Waals surface area contributed by atoms with Crippen LogP contribution in [-0.2, 0) is 24.6 Å². The molecule has 1 aliphatic heterocycles. The van der Waals surface area contributed by atoms with Crippen LogP contribution in [0.15, 0.2) is 53.6 Å². The van der Waals surface area contributed by atoms with E-state index in [0.717, 1.165) is 12.1 Å². The Labute approximate surface area is 232 Å². The molecule has 5 rings (SSSR count). The predicted octanol–water partition coefficient (Wildman–Crippen LogP) is 2.56. The van der Waals surface area contributed by atoms with Crippen molar-refractivity contribution in [3.05, 3.63) is 75.8 Å². The number of piperazine rings is 1. The van der Waals surface area contributed by atoms with Crippen molar-refractivity contribution >= 4 is 22.8 Å². The van der Waals surface area contributed by atoms with Crippen molar-refractivity contribution in [2.24, 2.45) is 7.05 Å². The van der Waals surface area contributed by atoms with Gasteiger partial charge in [0.2, 0.25) is 11.9 Å². The fraction of sp³-hybridized carbons (Fsp3) is 0.357. The number of halogens is 3. The molecule has 0 spiro atoms. The Morgan fingerprint density at radius 2 is 1.71 bits per heavy atom. The second-order valence-electron chi connectivity index (χ2n) is 10.00. The summed E-state index contributed by atoms with van der Waals surface area (Å²) in [5.74, 6) is 0.556. The lowest BCUT2D eigenvalue weighted by atomic mass is 10.0. The van der Waals surface area contributed by atoms with Crippen LogP contribution in [0.25, 0.3) is 22.0 Å². The average Bonchev–Trinajstić information content (AvgIpc) is 3.20. The van der Waals surface area contributed by atoms with Crippen LogP contribution in [0.1, 0.15) is 29.7 Å². The summed E-state index contributed by atoms with van der Waals surface area (Å²) < 4.78 is 44.3. The van der Waals surface area contributed by atoms with E-state index >= 15 is 0 Å². The van der Waals surface area contributed by atoms with Crippen LogP contribution >= 0.6 is 0 Å². The molecule has 0 bridgehead atoms. The summed E-state index contributed by atoms with van der Waals surface area (Å²) in [6, 6.07) is 8.27. The van der Waals surface area contributed by atoms with E-state index < -0.39 is 24.5 Å². The maximum Gasteiger partial charge on any atom is 0.416 e. The zero-order valence-electron chi connectivity index (χ0n) is 22.5. The van der Waals surface area contributed by atoms with E-state index in [1.165, 1.54) is 29.4 Å². The van der Waals surface area contributed by atoms with Crippen LogP contribution in [0.4, 0.5) is 19.1 Å². The zero-order valence-corrected chi connectivity index (χ0v) is 22.5. The Morgan fingerprint density at radius 3 is 2.32 bits per heavy atom. The largest absolute Gasteiger partial charge is 0.416 e. The number of benzene rings is 2. The highest BCUT2D eigenvalue weighted by molar-refractivity contribution is 5.84. The summed E-state index contributed by atoms with van der Waals surface area (Å²) in [7, 11) is 1.48. The van der Waals surface area contributed by atoms with Gasteiger partial charge in [-0.15, -0.1) is 0 Å². The number of nitrogens with zero attached hydrogens (tertiary/aromatic N) is 6. The minimum absolute atomic E-state index is 0.0285. The number of alkyl halides is 3. The summed E-state index contributed by atoms with van der Waals surface area (Å²) in [4.78, 5) is 37.3. The number of rotatable bonds is 6. The number of aliphatic hydroxyl groups is 2. The molecule has 3 heterocycles. The Bertz CT molecular complexity index is 1640. The monoisotopic (exact) mass is 570 g/mol. The van der Waals surface area contributed by atoms with E-state index in [0.29, 0.717) is 54.2 Å². The first kappa shape index (κ1) is 28.3. The van der Waals surface area contributed by atoms with E-state index in [2.05, 4.69) is 9.97 Å². The molecule has 2 aromatic carbocycles. The van der Waals surface area contributed by atoms with Gasteiger partial charge in [-0.05, 0) is 34.9 Å². The highest BCUT2D eigenvalue weighted by Crippen LogP contribution is 2.34. The average molecular weight is 571 g/mol. The van der Waals surface area contributed by atoms with Crippen molar-refractivity contribution in [3.63, 3.8) is 0 Å². The minimum atomic E-state index is -4.66. The summed E-state index contributed by atoms with van der Waals surface area (Å²) in [5.41, 5.74) is 0.458. The molecule has 216 valence electrons. The molecular formula is C28H29F3N6O4. The van der Waals surface area contributed by atoms with Crippen molar-refractivity contribution in [2.75, 3.05) is 37.7 Å². The van der Waals surface area contributed by atoms with Gasteiger partial charge in [-0.2, -0.15) is 13.2 Å². The molecule has 1 saturated heterocycles. The van der Waals surface area contributed by atoms with E-state index in [9.17, 15) is 33.0 Å². The number of hydrogen-bond acceptors (Lipinski definition) is 7. The third kappa shape index (κ3) is 5.55. The van der Waals surface area contributed by atoms with E-state index in [1.807, 2.05) is 4.90 Å². The van der Waals surface area contributed by atoms with Gasteiger partial charge in [0.15, 0.2) is 0 Å². The van der Waals surface area contributed by atoms with Gasteiger partial charge < -0.3 is 20.0 Å². The number of anilines is 1. The topological polar surface area (TPSA) is 117 Å². The maximum absolute atomic E-state index is 13.9. The lowest BCUT2D eigenvalue weighted by Gasteiger charge is -2.34. The van der Waals surface area contributed by atoms with Gasteiger partial charge in [0.05, 0.1) is 29.6 Å². The lowest BCUT2D eigenvalue weighted by molar-refractivity contribution is -0.138. The van der Waals surface area contributed by atoms with Gasteiger partial charge in [0.25, 0.3) is 5.56 Å². The number of aromatic nitrogens is 4. The first-order valence-electron chi connectivity index (χ1n) is 13.0. The van der Waals surface area contributed by atoms with Crippen LogP contribution in [-0.4, -0.2) is 73.1 Å². The molecule has 0 saturated carbocycles. The highest BCUT2D eigenvalue weighted by atomic mass is 19.4. The molecule has 10 nitrogen and oxygen atoms in total. The lowest BCUT2D eigenvalue weighted by Crippen LogP contribution is -2.48. The Balaban J connectivity index is 1.49. The van der Waals surface area contributed by atoms with Gasteiger partial charge >= 0.3 is 6.18 Å². The fourth-order valence-corrected chi connectivity index (χ4v) is 5.09. The second kappa shape index (κ2) is 11.0. The molecular weight excluding hydrogens is 541 g/mol.